The fraction of sp³-hybridized carbons (Fsp3) is 0.500. The van der Waals surface area contributed by atoms with Crippen LogP contribution in [0.4, 0.5) is 5.69 Å². The van der Waals surface area contributed by atoms with E-state index < -0.39 is 0 Å². The number of ether oxygens (including phenoxy) is 1. The monoisotopic (exact) mass is 287 g/mol. The molecule has 5 nitrogen and oxygen atoms in total. The summed E-state index contributed by atoms with van der Waals surface area (Å²) in [5.74, 6) is 2.74. The van der Waals surface area contributed by atoms with Gasteiger partial charge in [-0.2, -0.15) is 4.98 Å². The number of nitrogens with zero attached hydrogens (tertiary/aromatic N) is 3. The zero-order valence-electron chi connectivity index (χ0n) is 12.6. The molecule has 0 radical (unpaired) electrons. The van der Waals surface area contributed by atoms with Gasteiger partial charge in [-0.3, -0.25) is 0 Å². The van der Waals surface area contributed by atoms with E-state index >= 15 is 0 Å². The Kier molecular flexibility index (Phi) is 4.08. The molecule has 0 aliphatic carbocycles. The fourth-order valence-electron chi connectivity index (χ4n) is 2.79. The Morgan fingerprint density at radius 3 is 3.00 bits per heavy atom. The smallest absolute Gasteiger partial charge is 0.264 e. The van der Waals surface area contributed by atoms with E-state index in [-0.39, 0.29) is 0 Å². The van der Waals surface area contributed by atoms with Gasteiger partial charge in [-0.25, -0.2) is 0 Å². The molecule has 1 aliphatic rings. The lowest BCUT2D eigenvalue weighted by Crippen LogP contribution is -2.34. The van der Waals surface area contributed by atoms with Crippen LogP contribution in [-0.2, 0) is 6.61 Å². The average molecular weight is 287 g/mol. The number of piperidine rings is 1. The molecular formula is C16H21N3O2. The van der Waals surface area contributed by atoms with E-state index in [1.807, 2.05) is 12.1 Å². The topological polar surface area (TPSA) is 51.4 Å². The number of hydrogen-bond acceptors (Lipinski definition) is 5. The van der Waals surface area contributed by atoms with Crippen molar-refractivity contribution < 1.29 is 9.26 Å². The van der Waals surface area contributed by atoms with Gasteiger partial charge in [-0.15, -0.1) is 0 Å². The molecular weight excluding hydrogens is 266 g/mol. The first kappa shape index (κ1) is 13.9. The van der Waals surface area contributed by atoms with E-state index in [4.69, 9.17) is 9.26 Å². The summed E-state index contributed by atoms with van der Waals surface area (Å²) < 4.78 is 11.0. The number of anilines is 1. The molecule has 1 fully saturated rings. The van der Waals surface area contributed by atoms with Crippen LogP contribution < -0.4 is 9.64 Å². The molecule has 0 bridgehead atoms. The highest BCUT2D eigenvalue weighted by Gasteiger charge is 2.19. The highest BCUT2D eigenvalue weighted by atomic mass is 16.5. The lowest BCUT2D eigenvalue weighted by atomic mass is 9.99. The minimum atomic E-state index is 0.307. The Balaban J connectivity index is 1.72. The molecule has 5 heteroatoms. The molecule has 1 aromatic heterocycles. The lowest BCUT2D eigenvalue weighted by Gasteiger charge is -2.33. The Hall–Kier alpha value is -2.04. The number of benzene rings is 1. The second-order valence-electron chi connectivity index (χ2n) is 5.69. The van der Waals surface area contributed by atoms with Gasteiger partial charge in [0.25, 0.3) is 5.89 Å². The van der Waals surface area contributed by atoms with Crippen LogP contribution in [0, 0.1) is 12.8 Å². The van der Waals surface area contributed by atoms with Crippen LogP contribution in [0.15, 0.2) is 28.8 Å². The molecule has 1 aliphatic heterocycles. The SMILES string of the molecule is Cc1noc(COc2ccccc2N2CCCC(C)C2)n1. The van der Waals surface area contributed by atoms with Crippen molar-refractivity contribution in [3.8, 4) is 5.75 Å². The van der Waals surface area contributed by atoms with Gasteiger partial charge >= 0.3 is 0 Å². The molecule has 0 N–H and O–H groups in total. The Morgan fingerprint density at radius 2 is 2.24 bits per heavy atom. The summed E-state index contributed by atoms with van der Waals surface area (Å²) in [5.41, 5.74) is 1.15. The van der Waals surface area contributed by atoms with Crippen molar-refractivity contribution in [3.63, 3.8) is 0 Å². The first-order chi connectivity index (χ1) is 10.2. The molecule has 0 amide bonds. The molecule has 1 saturated heterocycles. The van der Waals surface area contributed by atoms with E-state index in [0.29, 0.717) is 18.3 Å². The summed E-state index contributed by atoms with van der Waals surface area (Å²) in [6, 6.07) is 8.16. The molecule has 1 unspecified atom stereocenters. The second-order valence-corrected chi connectivity index (χ2v) is 5.69. The first-order valence-corrected chi connectivity index (χ1v) is 7.48. The number of para-hydroxylation sites is 2. The third-order valence-corrected chi connectivity index (χ3v) is 3.78. The van der Waals surface area contributed by atoms with E-state index in [1.165, 1.54) is 12.8 Å². The molecule has 112 valence electrons. The van der Waals surface area contributed by atoms with Crippen LogP contribution in [0.5, 0.6) is 5.75 Å². The van der Waals surface area contributed by atoms with E-state index in [1.54, 1.807) is 6.92 Å². The fourth-order valence-corrected chi connectivity index (χ4v) is 2.79. The normalized spacial score (nSPS) is 18.8. The number of hydrogen-bond donors (Lipinski definition) is 0. The summed E-state index contributed by atoms with van der Waals surface area (Å²) in [6.07, 6.45) is 2.54. The molecule has 1 atom stereocenters. The van der Waals surface area contributed by atoms with Crippen LogP contribution in [0.1, 0.15) is 31.5 Å². The maximum atomic E-state index is 5.89. The number of rotatable bonds is 4. The van der Waals surface area contributed by atoms with Gasteiger partial charge in [0.15, 0.2) is 12.4 Å². The summed E-state index contributed by atoms with van der Waals surface area (Å²) in [5, 5.41) is 3.77. The molecule has 0 spiro atoms. The van der Waals surface area contributed by atoms with Gasteiger partial charge < -0.3 is 14.2 Å². The second kappa shape index (κ2) is 6.16. The van der Waals surface area contributed by atoms with Crippen LogP contribution in [0.3, 0.4) is 0 Å². The molecule has 1 aromatic carbocycles. The highest BCUT2D eigenvalue weighted by Crippen LogP contribution is 2.31. The minimum absolute atomic E-state index is 0.307. The van der Waals surface area contributed by atoms with Gasteiger partial charge in [0, 0.05) is 13.1 Å². The summed E-state index contributed by atoms with van der Waals surface area (Å²) in [4.78, 5) is 6.57. The highest BCUT2D eigenvalue weighted by molar-refractivity contribution is 5.58. The molecule has 3 rings (SSSR count). The number of aryl methyl sites for hydroxylation is 1. The summed E-state index contributed by atoms with van der Waals surface area (Å²) >= 11 is 0. The predicted octanol–water partition coefficient (Wildman–Crippen LogP) is 3.19. The van der Waals surface area contributed by atoms with Gasteiger partial charge in [0.2, 0.25) is 0 Å². The van der Waals surface area contributed by atoms with Crippen molar-refractivity contribution in [1.82, 2.24) is 10.1 Å². The van der Waals surface area contributed by atoms with Gasteiger partial charge in [-0.05, 0) is 37.8 Å². The Morgan fingerprint density at radius 1 is 1.38 bits per heavy atom. The third kappa shape index (κ3) is 3.35. The number of aromatic nitrogens is 2. The largest absolute Gasteiger partial charge is 0.482 e. The van der Waals surface area contributed by atoms with Crippen LogP contribution >= 0.6 is 0 Å². The predicted molar refractivity (Wildman–Crippen MR) is 80.4 cm³/mol. The first-order valence-electron chi connectivity index (χ1n) is 7.48. The van der Waals surface area contributed by atoms with Crippen molar-refractivity contribution in [3.05, 3.63) is 36.0 Å². The average Bonchev–Trinajstić information content (AvgIpc) is 2.91. The quantitative estimate of drug-likeness (QED) is 0.864. The zero-order valence-corrected chi connectivity index (χ0v) is 12.6. The third-order valence-electron chi connectivity index (χ3n) is 3.78. The van der Waals surface area contributed by atoms with Crippen LogP contribution in [0.25, 0.3) is 0 Å². The summed E-state index contributed by atoms with van der Waals surface area (Å²) in [7, 11) is 0. The van der Waals surface area contributed by atoms with Crippen molar-refractivity contribution in [2.45, 2.75) is 33.3 Å². The van der Waals surface area contributed by atoms with Crippen molar-refractivity contribution in [1.29, 1.82) is 0 Å². The maximum absolute atomic E-state index is 5.89. The lowest BCUT2D eigenvalue weighted by molar-refractivity contribution is 0.242. The van der Waals surface area contributed by atoms with E-state index in [2.05, 4.69) is 34.1 Å². The van der Waals surface area contributed by atoms with E-state index in [9.17, 15) is 0 Å². The zero-order chi connectivity index (χ0) is 14.7. The van der Waals surface area contributed by atoms with Crippen LogP contribution in [-0.4, -0.2) is 23.2 Å². The Labute approximate surface area is 124 Å². The molecule has 21 heavy (non-hydrogen) atoms. The minimum Gasteiger partial charge on any atom is -0.482 e. The molecule has 2 aromatic rings. The van der Waals surface area contributed by atoms with Crippen molar-refractivity contribution in [2.75, 3.05) is 18.0 Å². The van der Waals surface area contributed by atoms with Crippen molar-refractivity contribution >= 4 is 5.69 Å². The summed E-state index contributed by atoms with van der Waals surface area (Å²) in [6.45, 7) is 6.58. The molecule has 0 saturated carbocycles. The van der Waals surface area contributed by atoms with Crippen molar-refractivity contribution in [2.24, 2.45) is 5.92 Å². The van der Waals surface area contributed by atoms with E-state index in [0.717, 1.165) is 30.4 Å². The van der Waals surface area contributed by atoms with Gasteiger partial charge in [-0.1, -0.05) is 24.2 Å². The van der Waals surface area contributed by atoms with Gasteiger partial charge in [0.1, 0.15) is 5.75 Å². The van der Waals surface area contributed by atoms with Gasteiger partial charge in [0.05, 0.1) is 5.69 Å². The molecule has 2 heterocycles. The maximum Gasteiger partial charge on any atom is 0.264 e. The Bertz CT molecular complexity index is 597. The van der Waals surface area contributed by atoms with Crippen LogP contribution in [0.2, 0.25) is 0 Å². The standard InChI is InChI=1S/C16H21N3O2/c1-12-6-5-9-19(10-12)14-7-3-4-8-15(14)20-11-16-17-13(2)18-21-16/h3-4,7-8,12H,5-6,9-11H2,1-2H3.